The highest BCUT2D eigenvalue weighted by molar-refractivity contribution is 9.10. The number of carbonyl (C=O) groups is 2. The molecule has 1 saturated heterocycles. The van der Waals surface area contributed by atoms with E-state index in [0.717, 1.165) is 4.47 Å². The first-order chi connectivity index (χ1) is 14.0. The molecule has 0 radical (unpaired) electrons. The van der Waals surface area contributed by atoms with Gasteiger partial charge in [0.2, 0.25) is 0 Å². The van der Waals surface area contributed by atoms with E-state index < -0.39 is 23.5 Å². The summed E-state index contributed by atoms with van der Waals surface area (Å²) in [4.78, 5) is 27.2. The minimum Gasteiger partial charge on any atom is -0.507 e. The highest BCUT2D eigenvalue weighted by Gasteiger charge is 2.46. The third kappa shape index (κ3) is 3.47. The summed E-state index contributed by atoms with van der Waals surface area (Å²) in [6, 6.07) is 20.2. The number of nitrogens with zero attached hydrogens (tertiary/aromatic N) is 1. The molecule has 3 aromatic rings. The molecule has 1 N–H and O–H groups in total. The molecule has 0 aliphatic carbocycles. The standard InChI is InChI=1S/C23H15BrFNO3/c24-16-7-4-8-18(13-16)26-20(14-9-11-17(25)12-10-14)19(22(28)23(26)29)21(27)15-5-2-1-3-6-15/h1-13,20,27H/t20-/m1/s1. The van der Waals surface area contributed by atoms with Crippen LogP contribution >= 0.6 is 15.9 Å². The minimum absolute atomic E-state index is 0.0345. The van der Waals surface area contributed by atoms with Gasteiger partial charge in [-0.2, -0.15) is 0 Å². The molecule has 1 aliphatic rings. The van der Waals surface area contributed by atoms with Gasteiger partial charge in [-0.1, -0.05) is 64.5 Å². The van der Waals surface area contributed by atoms with E-state index in [1.807, 2.05) is 0 Å². The fourth-order valence-corrected chi connectivity index (χ4v) is 3.82. The second-order valence-corrected chi connectivity index (χ2v) is 7.48. The molecule has 144 valence electrons. The Balaban J connectivity index is 1.96. The van der Waals surface area contributed by atoms with Gasteiger partial charge in [-0.15, -0.1) is 0 Å². The van der Waals surface area contributed by atoms with Crippen LogP contribution in [0, 0.1) is 5.82 Å². The number of ketones is 1. The highest BCUT2D eigenvalue weighted by Crippen LogP contribution is 2.42. The molecule has 0 spiro atoms. The van der Waals surface area contributed by atoms with Crippen molar-refractivity contribution in [3.63, 3.8) is 0 Å². The van der Waals surface area contributed by atoms with E-state index in [1.54, 1.807) is 54.6 Å². The van der Waals surface area contributed by atoms with Crippen LogP contribution in [-0.4, -0.2) is 16.8 Å². The smallest absolute Gasteiger partial charge is 0.300 e. The van der Waals surface area contributed by atoms with Crippen LogP contribution in [0.2, 0.25) is 0 Å². The molecule has 29 heavy (non-hydrogen) atoms. The summed E-state index contributed by atoms with van der Waals surface area (Å²) in [5.41, 5.74) is 1.39. The summed E-state index contributed by atoms with van der Waals surface area (Å²) < 4.78 is 14.2. The molecule has 3 aromatic carbocycles. The van der Waals surface area contributed by atoms with Crippen molar-refractivity contribution in [2.45, 2.75) is 6.04 Å². The number of hydrogen-bond donors (Lipinski definition) is 1. The summed E-state index contributed by atoms with van der Waals surface area (Å²) in [6.07, 6.45) is 0. The van der Waals surface area contributed by atoms with Gasteiger partial charge in [0.25, 0.3) is 11.7 Å². The number of aliphatic hydroxyl groups is 1. The maximum atomic E-state index is 13.5. The van der Waals surface area contributed by atoms with E-state index in [4.69, 9.17) is 0 Å². The lowest BCUT2D eigenvalue weighted by Gasteiger charge is -2.25. The minimum atomic E-state index is -0.884. The Kier molecular flexibility index (Phi) is 5.03. The van der Waals surface area contributed by atoms with Crippen LogP contribution in [0.1, 0.15) is 17.2 Å². The Labute approximate surface area is 175 Å². The number of Topliss-reactive ketones (excluding diaryl/α,β-unsaturated/α-hetero) is 1. The summed E-state index contributed by atoms with van der Waals surface area (Å²) in [5, 5.41) is 10.9. The fourth-order valence-electron chi connectivity index (χ4n) is 3.44. The Morgan fingerprint density at radius 1 is 0.931 bits per heavy atom. The molecule has 1 fully saturated rings. The van der Waals surface area contributed by atoms with E-state index in [2.05, 4.69) is 15.9 Å². The van der Waals surface area contributed by atoms with E-state index in [1.165, 1.54) is 29.2 Å². The molecule has 0 unspecified atom stereocenters. The van der Waals surface area contributed by atoms with E-state index in [-0.39, 0.29) is 11.3 Å². The number of benzene rings is 3. The normalized spacial score (nSPS) is 18.3. The molecular weight excluding hydrogens is 437 g/mol. The van der Waals surface area contributed by atoms with Gasteiger partial charge in [0.05, 0.1) is 11.6 Å². The molecule has 4 rings (SSSR count). The summed E-state index contributed by atoms with van der Waals surface area (Å²) in [5.74, 6) is -2.25. The number of aliphatic hydroxyl groups excluding tert-OH is 1. The van der Waals surface area contributed by atoms with Crippen LogP contribution in [0.25, 0.3) is 5.76 Å². The van der Waals surface area contributed by atoms with Crippen molar-refractivity contribution in [3.8, 4) is 0 Å². The van der Waals surface area contributed by atoms with Gasteiger partial charge in [-0.3, -0.25) is 14.5 Å². The van der Waals surface area contributed by atoms with Crippen molar-refractivity contribution in [1.29, 1.82) is 0 Å². The van der Waals surface area contributed by atoms with Crippen LogP contribution in [0.5, 0.6) is 0 Å². The van der Waals surface area contributed by atoms with Crippen LogP contribution in [-0.2, 0) is 9.59 Å². The summed E-state index contributed by atoms with van der Waals surface area (Å²) >= 11 is 3.38. The van der Waals surface area contributed by atoms with Gasteiger partial charge in [-0.05, 0) is 35.9 Å². The Hall–Kier alpha value is -3.25. The molecule has 0 aromatic heterocycles. The molecule has 1 amide bonds. The molecule has 6 heteroatoms. The Morgan fingerprint density at radius 2 is 1.62 bits per heavy atom. The van der Waals surface area contributed by atoms with Crippen LogP contribution in [0.3, 0.4) is 0 Å². The van der Waals surface area contributed by atoms with E-state index in [0.29, 0.717) is 16.8 Å². The predicted octanol–water partition coefficient (Wildman–Crippen LogP) is 5.21. The van der Waals surface area contributed by atoms with Crippen molar-refractivity contribution in [2.75, 3.05) is 4.90 Å². The maximum Gasteiger partial charge on any atom is 0.300 e. The third-order valence-corrected chi connectivity index (χ3v) is 5.26. The lowest BCUT2D eigenvalue weighted by atomic mass is 9.95. The van der Waals surface area contributed by atoms with Crippen molar-refractivity contribution >= 4 is 39.1 Å². The molecular formula is C23H15BrFNO3. The first-order valence-corrected chi connectivity index (χ1v) is 9.64. The summed E-state index contributed by atoms with van der Waals surface area (Å²) in [7, 11) is 0. The van der Waals surface area contributed by atoms with E-state index >= 15 is 0 Å². The second-order valence-electron chi connectivity index (χ2n) is 6.57. The zero-order valence-corrected chi connectivity index (χ0v) is 16.6. The quantitative estimate of drug-likeness (QED) is 0.337. The van der Waals surface area contributed by atoms with Crippen LogP contribution in [0.4, 0.5) is 10.1 Å². The maximum absolute atomic E-state index is 13.5. The monoisotopic (exact) mass is 451 g/mol. The van der Waals surface area contributed by atoms with Gasteiger partial charge >= 0.3 is 0 Å². The van der Waals surface area contributed by atoms with Crippen molar-refractivity contribution in [1.82, 2.24) is 0 Å². The Morgan fingerprint density at radius 3 is 2.28 bits per heavy atom. The first kappa shape index (κ1) is 19.1. The van der Waals surface area contributed by atoms with Gasteiger partial charge in [0.1, 0.15) is 11.6 Å². The zero-order chi connectivity index (χ0) is 20.5. The lowest BCUT2D eigenvalue weighted by Crippen LogP contribution is -2.29. The van der Waals surface area contributed by atoms with Gasteiger partial charge < -0.3 is 5.11 Å². The zero-order valence-electron chi connectivity index (χ0n) is 15.0. The van der Waals surface area contributed by atoms with Gasteiger partial charge in [-0.25, -0.2) is 4.39 Å². The first-order valence-electron chi connectivity index (χ1n) is 8.85. The second kappa shape index (κ2) is 7.64. The predicted molar refractivity (Wildman–Crippen MR) is 112 cm³/mol. The van der Waals surface area contributed by atoms with Crippen molar-refractivity contribution < 1.29 is 19.1 Å². The van der Waals surface area contributed by atoms with Crippen molar-refractivity contribution in [3.05, 3.63) is 106 Å². The van der Waals surface area contributed by atoms with Gasteiger partial charge in [0, 0.05) is 15.7 Å². The fraction of sp³-hybridized carbons (Fsp3) is 0.0435. The van der Waals surface area contributed by atoms with Crippen LogP contribution in [0.15, 0.2) is 88.9 Å². The highest BCUT2D eigenvalue weighted by atomic mass is 79.9. The lowest BCUT2D eigenvalue weighted by molar-refractivity contribution is -0.132. The molecule has 0 bridgehead atoms. The Bertz CT molecular complexity index is 1130. The van der Waals surface area contributed by atoms with Crippen LogP contribution < -0.4 is 4.90 Å². The average Bonchev–Trinajstić information content (AvgIpc) is 2.99. The molecule has 4 nitrogen and oxygen atoms in total. The SMILES string of the molecule is O=C1C(=O)N(c2cccc(Br)c2)[C@H](c2ccc(F)cc2)C1=C(O)c1ccccc1. The van der Waals surface area contributed by atoms with Gasteiger partial charge in [0.15, 0.2) is 0 Å². The molecule has 1 atom stereocenters. The number of halogens is 2. The average molecular weight is 452 g/mol. The number of carbonyl (C=O) groups excluding carboxylic acids is 2. The van der Waals surface area contributed by atoms with E-state index in [9.17, 15) is 19.1 Å². The van der Waals surface area contributed by atoms with Crippen molar-refractivity contribution in [2.24, 2.45) is 0 Å². The molecule has 1 aliphatic heterocycles. The number of anilines is 1. The number of hydrogen-bond acceptors (Lipinski definition) is 3. The number of rotatable bonds is 3. The number of amides is 1. The third-order valence-electron chi connectivity index (χ3n) is 4.76. The molecule has 1 heterocycles. The summed E-state index contributed by atoms with van der Waals surface area (Å²) in [6.45, 7) is 0. The molecule has 0 saturated carbocycles. The largest absolute Gasteiger partial charge is 0.507 e. The topological polar surface area (TPSA) is 57.6 Å².